The molecule has 0 aliphatic heterocycles. The fraction of sp³-hybridized carbons (Fsp3) is 0.188. The first-order valence-electron chi connectivity index (χ1n) is 7.25. The second-order valence-corrected chi connectivity index (χ2v) is 6.46. The molecule has 0 bridgehead atoms. The number of aromatic nitrogens is 4. The van der Waals surface area contributed by atoms with Crippen LogP contribution in [0.25, 0.3) is 11.4 Å². The zero-order chi connectivity index (χ0) is 17.1. The van der Waals surface area contributed by atoms with Gasteiger partial charge in [0.25, 0.3) is 5.56 Å². The molecule has 0 saturated carbocycles. The van der Waals surface area contributed by atoms with Crippen molar-refractivity contribution in [3.05, 3.63) is 57.2 Å². The number of carbonyl (C=O) groups excluding carboxylic acids is 1. The van der Waals surface area contributed by atoms with E-state index < -0.39 is 0 Å². The molecule has 0 fully saturated rings. The molecule has 0 aliphatic carbocycles. The highest BCUT2D eigenvalue weighted by molar-refractivity contribution is 7.15. The largest absolute Gasteiger partial charge is 0.306 e. The topological polar surface area (TPSA) is 101 Å². The van der Waals surface area contributed by atoms with Crippen LogP contribution < -0.4 is 10.9 Å². The molecule has 0 saturated heterocycles. The Morgan fingerprint density at radius 3 is 2.79 bits per heavy atom. The Kier molecular flexibility index (Phi) is 4.48. The molecule has 3 heterocycles. The van der Waals surface area contributed by atoms with Gasteiger partial charge in [0.1, 0.15) is 5.82 Å². The first-order valence-corrected chi connectivity index (χ1v) is 8.07. The minimum absolute atomic E-state index is 0.0554. The number of rotatable bonds is 4. The third kappa shape index (κ3) is 3.54. The highest BCUT2D eigenvalue weighted by Gasteiger charge is 2.14. The van der Waals surface area contributed by atoms with E-state index in [1.54, 1.807) is 31.6 Å². The average molecular weight is 341 g/mol. The molecule has 3 aromatic rings. The Morgan fingerprint density at radius 2 is 2.17 bits per heavy atom. The lowest BCUT2D eigenvalue weighted by atomic mass is 10.1. The van der Waals surface area contributed by atoms with Crippen LogP contribution in [0.4, 0.5) is 5.13 Å². The van der Waals surface area contributed by atoms with Gasteiger partial charge in [-0.1, -0.05) is 0 Å². The van der Waals surface area contributed by atoms with E-state index in [1.807, 2.05) is 13.0 Å². The summed E-state index contributed by atoms with van der Waals surface area (Å²) < 4.78 is 0. The molecule has 8 heteroatoms. The summed E-state index contributed by atoms with van der Waals surface area (Å²) in [4.78, 5) is 40.6. The predicted molar refractivity (Wildman–Crippen MR) is 92.0 cm³/mol. The van der Waals surface area contributed by atoms with Gasteiger partial charge in [-0.3, -0.25) is 14.6 Å². The number of hydrogen-bond acceptors (Lipinski definition) is 6. The molecule has 3 aromatic heterocycles. The summed E-state index contributed by atoms with van der Waals surface area (Å²) in [5.41, 5.74) is 1.25. The summed E-state index contributed by atoms with van der Waals surface area (Å²) in [5, 5.41) is 3.21. The lowest BCUT2D eigenvalue weighted by Crippen LogP contribution is -2.23. The molecule has 0 atom stereocenters. The number of amides is 1. The van der Waals surface area contributed by atoms with Gasteiger partial charge >= 0.3 is 0 Å². The zero-order valence-corrected chi connectivity index (χ0v) is 14.0. The summed E-state index contributed by atoms with van der Waals surface area (Å²) in [7, 11) is 0. The van der Waals surface area contributed by atoms with Crippen molar-refractivity contribution in [2.75, 3.05) is 5.32 Å². The Bertz CT molecular complexity index is 933. The van der Waals surface area contributed by atoms with E-state index >= 15 is 0 Å². The maximum absolute atomic E-state index is 12.3. The van der Waals surface area contributed by atoms with E-state index in [4.69, 9.17) is 0 Å². The first kappa shape index (κ1) is 16.0. The molecule has 0 unspecified atom stereocenters. The van der Waals surface area contributed by atoms with Gasteiger partial charge in [0.2, 0.25) is 5.91 Å². The predicted octanol–water partition coefficient (Wildman–Crippen LogP) is 2.09. The van der Waals surface area contributed by atoms with Crippen LogP contribution in [0.3, 0.4) is 0 Å². The Morgan fingerprint density at radius 1 is 1.33 bits per heavy atom. The molecule has 0 spiro atoms. The van der Waals surface area contributed by atoms with Gasteiger partial charge in [-0.25, -0.2) is 9.97 Å². The van der Waals surface area contributed by atoms with Crippen LogP contribution in [0.2, 0.25) is 0 Å². The normalized spacial score (nSPS) is 10.6. The van der Waals surface area contributed by atoms with E-state index in [2.05, 4.69) is 25.3 Å². The van der Waals surface area contributed by atoms with Crippen molar-refractivity contribution in [3.8, 4) is 11.4 Å². The number of thiazole rings is 1. The number of anilines is 1. The minimum atomic E-state index is -0.327. The standard InChI is InChI=1S/C16H15N5O2S/c1-9-7-18-16(24-9)20-13(22)6-12-10(2)19-14(21-15(12)23)11-4-3-5-17-8-11/h3-5,7-8H,6H2,1-2H3,(H,18,20,22)(H,19,21,23). The van der Waals surface area contributed by atoms with Gasteiger partial charge in [-0.2, -0.15) is 0 Å². The Labute approximate surface area is 141 Å². The second-order valence-electron chi connectivity index (χ2n) is 5.22. The van der Waals surface area contributed by atoms with E-state index in [0.717, 1.165) is 4.88 Å². The van der Waals surface area contributed by atoms with Crippen molar-refractivity contribution in [3.63, 3.8) is 0 Å². The van der Waals surface area contributed by atoms with Crippen LogP contribution in [-0.4, -0.2) is 25.8 Å². The third-order valence-corrected chi connectivity index (χ3v) is 4.19. The molecule has 0 aromatic carbocycles. The molecule has 1 amide bonds. The quantitative estimate of drug-likeness (QED) is 0.757. The number of aryl methyl sites for hydroxylation is 2. The van der Waals surface area contributed by atoms with E-state index in [0.29, 0.717) is 27.8 Å². The summed E-state index contributed by atoms with van der Waals surface area (Å²) in [6.45, 7) is 3.62. The molecule has 0 aliphatic rings. The summed E-state index contributed by atoms with van der Waals surface area (Å²) >= 11 is 1.38. The van der Waals surface area contributed by atoms with Crippen molar-refractivity contribution in [2.24, 2.45) is 0 Å². The fourth-order valence-electron chi connectivity index (χ4n) is 2.19. The van der Waals surface area contributed by atoms with Crippen molar-refractivity contribution in [1.29, 1.82) is 0 Å². The summed E-state index contributed by atoms with van der Waals surface area (Å²) in [5.74, 6) is 0.138. The molecular weight excluding hydrogens is 326 g/mol. The first-order chi connectivity index (χ1) is 11.5. The maximum atomic E-state index is 12.3. The van der Waals surface area contributed by atoms with E-state index in [1.165, 1.54) is 11.3 Å². The number of H-pyrrole nitrogens is 1. The summed E-state index contributed by atoms with van der Waals surface area (Å²) in [6.07, 6.45) is 4.89. The van der Waals surface area contributed by atoms with Crippen LogP contribution in [0, 0.1) is 13.8 Å². The third-order valence-electron chi connectivity index (χ3n) is 3.36. The highest BCUT2D eigenvalue weighted by atomic mass is 32.1. The van der Waals surface area contributed by atoms with Gasteiger partial charge in [0.05, 0.1) is 6.42 Å². The lowest BCUT2D eigenvalue weighted by Gasteiger charge is -2.07. The van der Waals surface area contributed by atoms with E-state index in [-0.39, 0.29) is 17.9 Å². The number of aromatic amines is 1. The maximum Gasteiger partial charge on any atom is 0.255 e. The monoisotopic (exact) mass is 341 g/mol. The summed E-state index contributed by atoms with van der Waals surface area (Å²) in [6, 6.07) is 3.57. The number of nitrogens with zero attached hydrogens (tertiary/aromatic N) is 3. The van der Waals surface area contributed by atoms with Gasteiger partial charge in [-0.05, 0) is 26.0 Å². The van der Waals surface area contributed by atoms with Crippen molar-refractivity contribution in [2.45, 2.75) is 20.3 Å². The SMILES string of the molecule is Cc1cnc(NC(=O)Cc2c(C)nc(-c3cccnc3)[nH]c2=O)s1. The van der Waals surface area contributed by atoms with Crippen LogP contribution in [0.5, 0.6) is 0 Å². The van der Waals surface area contributed by atoms with Gasteiger partial charge in [0, 0.05) is 40.3 Å². The Hall–Kier alpha value is -2.87. The van der Waals surface area contributed by atoms with Crippen molar-refractivity contribution in [1.82, 2.24) is 19.9 Å². The van der Waals surface area contributed by atoms with Crippen LogP contribution in [0.1, 0.15) is 16.1 Å². The van der Waals surface area contributed by atoms with Crippen LogP contribution in [0.15, 0.2) is 35.5 Å². The second kappa shape index (κ2) is 6.71. The van der Waals surface area contributed by atoms with Crippen molar-refractivity contribution >= 4 is 22.4 Å². The van der Waals surface area contributed by atoms with Gasteiger partial charge in [0.15, 0.2) is 5.13 Å². The fourth-order valence-corrected chi connectivity index (χ4v) is 2.88. The van der Waals surface area contributed by atoms with Crippen molar-refractivity contribution < 1.29 is 4.79 Å². The van der Waals surface area contributed by atoms with Crippen LogP contribution >= 0.6 is 11.3 Å². The Balaban J connectivity index is 1.81. The van der Waals surface area contributed by atoms with Gasteiger partial charge in [-0.15, -0.1) is 11.3 Å². The minimum Gasteiger partial charge on any atom is -0.306 e. The highest BCUT2D eigenvalue weighted by Crippen LogP contribution is 2.17. The van der Waals surface area contributed by atoms with Gasteiger partial charge < -0.3 is 10.3 Å². The molecule has 2 N–H and O–H groups in total. The number of nitrogens with one attached hydrogen (secondary N) is 2. The molecule has 7 nitrogen and oxygen atoms in total. The molecular formula is C16H15N5O2S. The molecule has 3 rings (SSSR count). The zero-order valence-electron chi connectivity index (χ0n) is 13.2. The molecule has 0 radical (unpaired) electrons. The molecule has 122 valence electrons. The molecule has 24 heavy (non-hydrogen) atoms. The number of pyridine rings is 1. The lowest BCUT2D eigenvalue weighted by molar-refractivity contribution is -0.115. The average Bonchev–Trinajstić information content (AvgIpc) is 2.96. The number of carbonyl (C=O) groups is 1. The van der Waals surface area contributed by atoms with Crippen LogP contribution in [-0.2, 0) is 11.2 Å². The number of hydrogen-bond donors (Lipinski definition) is 2. The smallest absolute Gasteiger partial charge is 0.255 e. The van der Waals surface area contributed by atoms with E-state index in [9.17, 15) is 9.59 Å².